The van der Waals surface area contributed by atoms with Gasteiger partial charge >= 0.3 is 6.03 Å². The van der Waals surface area contributed by atoms with Gasteiger partial charge in [0.05, 0.1) is 11.2 Å². The van der Waals surface area contributed by atoms with Crippen LogP contribution in [-0.4, -0.2) is 42.1 Å². The fourth-order valence-electron chi connectivity index (χ4n) is 3.33. The molecule has 0 saturated carbocycles. The highest BCUT2D eigenvalue weighted by Gasteiger charge is 2.22. The van der Waals surface area contributed by atoms with E-state index < -0.39 is 0 Å². The molecule has 0 aliphatic carbocycles. The van der Waals surface area contributed by atoms with Crippen LogP contribution in [-0.2, 0) is 0 Å². The predicted octanol–water partition coefficient (Wildman–Crippen LogP) is 3.90. The first-order valence-electron chi connectivity index (χ1n) is 8.92. The zero-order valence-electron chi connectivity index (χ0n) is 14.9. The number of carbonyl (C=O) groups excluding carboxylic acids is 1. The Labute approximate surface area is 153 Å². The van der Waals surface area contributed by atoms with Crippen molar-refractivity contribution in [2.45, 2.75) is 6.92 Å². The largest absolute Gasteiger partial charge is 0.366 e. The molecule has 1 aromatic heterocycles. The minimum absolute atomic E-state index is 0.0375. The number of carbonyl (C=O) groups is 1. The third-order valence-corrected chi connectivity index (χ3v) is 4.82. The number of pyridine rings is 1. The molecular weight excluding hydrogens is 324 g/mol. The molecule has 2 heterocycles. The van der Waals surface area contributed by atoms with E-state index in [1.54, 1.807) is 0 Å². The van der Waals surface area contributed by atoms with Crippen molar-refractivity contribution in [2.75, 3.05) is 36.4 Å². The topological polar surface area (TPSA) is 48.5 Å². The van der Waals surface area contributed by atoms with E-state index in [1.165, 1.54) is 5.56 Å². The second kappa shape index (κ2) is 7.04. The first-order valence-corrected chi connectivity index (χ1v) is 8.92. The van der Waals surface area contributed by atoms with E-state index in [0.29, 0.717) is 13.1 Å². The summed E-state index contributed by atoms with van der Waals surface area (Å²) in [6.07, 6.45) is 1.83. The number of para-hydroxylation sites is 1. The molecule has 1 N–H and O–H groups in total. The molecule has 1 aliphatic heterocycles. The van der Waals surface area contributed by atoms with E-state index in [1.807, 2.05) is 48.4 Å². The van der Waals surface area contributed by atoms with Gasteiger partial charge in [0, 0.05) is 43.4 Å². The summed E-state index contributed by atoms with van der Waals surface area (Å²) in [5, 5.41) is 4.12. The van der Waals surface area contributed by atoms with E-state index in [9.17, 15) is 4.79 Å². The quantitative estimate of drug-likeness (QED) is 0.766. The van der Waals surface area contributed by atoms with Crippen LogP contribution in [0.1, 0.15) is 5.56 Å². The van der Waals surface area contributed by atoms with Gasteiger partial charge in [-0.05, 0) is 31.2 Å². The highest BCUT2D eigenvalue weighted by molar-refractivity contribution is 5.91. The molecular formula is C21H22N4O. The second-order valence-corrected chi connectivity index (χ2v) is 6.62. The maximum absolute atomic E-state index is 12.5. The van der Waals surface area contributed by atoms with E-state index in [-0.39, 0.29) is 6.03 Å². The number of benzene rings is 2. The van der Waals surface area contributed by atoms with Crippen molar-refractivity contribution in [1.82, 2.24) is 9.88 Å². The average Bonchev–Trinajstić information content (AvgIpc) is 2.69. The summed E-state index contributed by atoms with van der Waals surface area (Å²) in [7, 11) is 0. The van der Waals surface area contributed by atoms with Crippen molar-refractivity contribution in [3.8, 4) is 0 Å². The number of nitrogens with zero attached hydrogens (tertiary/aromatic N) is 3. The Morgan fingerprint density at radius 2 is 1.69 bits per heavy atom. The Balaban J connectivity index is 1.42. The number of hydrogen-bond acceptors (Lipinski definition) is 3. The normalized spacial score (nSPS) is 14.5. The minimum atomic E-state index is -0.0375. The zero-order valence-corrected chi connectivity index (χ0v) is 14.9. The average molecular weight is 346 g/mol. The van der Waals surface area contributed by atoms with Crippen molar-refractivity contribution in [3.63, 3.8) is 0 Å². The zero-order chi connectivity index (χ0) is 17.9. The van der Waals surface area contributed by atoms with Crippen molar-refractivity contribution in [1.29, 1.82) is 0 Å². The third kappa shape index (κ3) is 3.33. The van der Waals surface area contributed by atoms with Gasteiger partial charge in [0.25, 0.3) is 0 Å². The molecule has 1 aliphatic rings. The summed E-state index contributed by atoms with van der Waals surface area (Å²) in [4.78, 5) is 21.2. The number of urea groups is 1. The van der Waals surface area contributed by atoms with Gasteiger partial charge in [0.2, 0.25) is 0 Å². The van der Waals surface area contributed by atoms with Crippen molar-refractivity contribution >= 4 is 28.3 Å². The minimum Gasteiger partial charge on any atom is -0.366 e. The smallest absolute Gasteiger partial charge is 0.321 e. The van der Waals surface area contributed by atoms with E-state index in [2.05, 4.69) is 39.5 Å². The van der Waals surface area contributed by atoms with E-state index in [0.717, 1.165) is 35.4 Å². The SMILES string of the molecule is Cc1ccc(NC(=O)N2CCN(c3cccc4cccnc34)CC2)cc1. The molecule has 0 bridgehead atoms. The van der Waals surface area contributed by atoms with Crippen molar-refractivity contribution in [3.05, 3.63) is 66.4 Å². The van der Waals surface area contributed by atoms with Gasteiger partial charge in [-0.15, -0.1) is 0 Å². The van der Waals surface area contributed by atoms with Crippen LogP contribution in [0.2, 0.25) is 0 Å². The summed E-state index contributed by atoms with van der Waals surface area (Å²) < 4.78 is 0. The monoisotopic (exact) mass is 346 g/mol. The molecule has 132 valence electrons. The summed E-state index contributed by atoms with van der Waals surface area (Å²) in [6.45, 7) is 5.03. The molecule has 1 saturated heterocycles. The molecule has 1 fully saturated rings. The number of piperazine rings is 1. The Kier molecular flexibility index (Phi) is 4.44. The van der Waals surface area contributed by atoms with Gasteiger partial charge in [-0.3, -0.25) is 4.98 Å². The predicted molar refractivity (Wildman–Crippen MR) is 106 cm³/mol. The molecule has 2 amide bonds. The fraction of sp³-hybridized carbons (Fsp3) is 0.238. The summed E-state index contributed by atoms with van der Waals surface area (Å²) in [5.74, 6) is 0. The number of rotatable bonds is 2. The summed E-state index contributed by atoms with van der Waals surface area (Å²) >= 11 is 0. The molecule has 0 radical (unpaired) electrons. The lowest BCUT2D eigenvalue weighted by molar-refractivity contribution is 0.208. The molecule has 2 aromatic carbocycles. The number of amides is 2. The Morgan fingerprint density at radius 1 is 0.962 bits per heavy atom. The lowest BCUT2D eigenvalue weighted by Gasteiger charge is -2.36. The van der Waals surface area contributed by atoms with Crippen LogP contribution >= 0.6 is 0 Å². The molecule has 0 atom stereocenters. The highest BCUT2D eigenvalue weighted by Crippen LogP contribution is 2.25. The first kappa shape index (κ1) is 16.4. The summed E-state index contributed by atoms with van der Waals surface area (Å²) in [5.41, 5.74) is 4.18. The van der Waals surface area contributed by atoms with E-state index in [4.69, 9.17) is 0 Å². The van der Waals surface area contributed by atoms with Crippen molar-refractivity contribution < 1.29 is 4.79 Å². The Bertz CT molecular complexity index is 909. The maximum atomic E-state index is 12.5. The van der Waals surface area contributed by atoms with E-state index >= 15 is 0 Å². The van der Waals surface area contributed by atoms with Crippen LogP contribution in [0.5, 0.6) is 0 Å². The Morgan fingerprint density at radius 3 is 2.46 bits per heavy atom. The number of aryl methyl sites for hydroxylation is 1. The lowest BCUT2D eigenvalue weighted by Crippen LogP contribution is -2.50. The van der Waals surface area contributed by atoms with Crippen LogP contribution < -0.4 is 10.2 Å². The highest BCUT2D eigenvalue weighted by atomic mass is 16.2. The van der Waals surface area contributed by atoms with Crippen molar-refractivity contribution in [2.24, 2.45) is 0 Å². The molecule has 3 aromatic rings. The number of aromatic nitrogens is 1. The fourth-order valence-corrected chi connectivity index (χ4v) is 3.33. The van der Waals surface area contributed by atoms with Crippen LogP contribution in [0.15, 0.2) is 60.8 Å². The third-order valence-electron chi connectivity index (χ3n) is 4.82. The van der Waals surface area contributed by atoms with Crippen LogP contribution in [0.25, 0.3) is 10.9 Å². The number of fused-ring (bicyclic) bond motifs is 1. The van der Waals surface area contributed by atoms with Gasteiger partial charge in [0.1, 0.15) is 0 Å². The lowest BCUT2D eigenvalue weighted by atomic mass is 10.1. The standard InChI is InChI=1S/C21H22N4O/c1-16-7-9-18(10-8-16)23-21(26)25-14-12-24(13-15-25)19-6-2-4-17-5-3-11-22-20(17)19/h2-11H,12-15H2,1H3,(H,23,26). The number of anilines is 2. The maximum Gasteiger partial charge on any atom is 0.321 e. The van der Waals surface area contributed by atoms with Gasteiger partial charge in [-0.1, -0.05) is 35.9 Å². The van der Waals surface area contributed by atoms with Gasteiger partial charge in [-0.25, -0.2) is 4.79 Å². The molecule has 5 heteroatoms. The Hall–Kier alpha value is -3.08. The molecule has 0 unspecified atom stereocenters. The van der Waals surface area contributed by atoms with Crippen LogP contribution in [0.3, 0.4) is 0 Å². The first-order chi connectivity index (χ1) is 12.7. The summed E-state index contributed by atoms with van der Waals surface area (Å²) in [6, 6.07) is 18.1. The molecule has 5 nitrogen and oxygen atoms in total. The van der Waals surface area contributed by atoms with Gasteiger partial charge in [0.15, 0.2) is 0 Å². The molecule has 4 rings (SSSR count). The number of nitrogens with one attached hydrogen (secondary N) is 1. The second-order valence-electron chi connectivity index (χ2n) is 6.62. The van der Waals surface area contributed by atoms with Gasteiger partial charge < -0.3 is 15.1 Å². The molecule has 26 heavy (non-hydrogen) atoms. The number of hydrogen-bond donors (Lipinski definition) is 1. The van der Waals surface area contributed by atoms with Gasteiger partial charge in [-0.2, -0.15) is 0 Å². The van der Waals surface area contributed by atoms with Crippen LogP contribution in [0.4, 0.5) is 16.2 Å². The van der Waals surface area contributed by atoms with Crippen LogP contribution in [0, 0.1) is 6.92 Å². The molecule has 0 spiro atoms.